The lowest BCUT2D eigenvalue weighted by Crippen LogP contribution is -2.41. The Bertz CT molecular complexity index is 442. The fourth-order valence-electron chi connectivity index (χ4n) is 2.42. The first kappa shape index (κ1) is 13.4. The van der Waals surface area contributed by atoms with Crippen LogP contribution in [0.5, 0.6) is 0 Å². The van der Waals surface area contributed by atoms with Crippen LogP contribution in [0.3, 0.4) is 0 Å². The van der Waals surface area contributed by atoms with Gasteiger partial charge in [0.1, 0.15) is 0 Å². The lowest BCUT2D eigenvalue weighted by Gasteiger charge is -2.35. The molecule has 1 aromatic carbocycles. The topological polar surface area (TPSA) is 35.5 Å². The number of carbonyl (C=O) groups excluding carboxylic acids is 1. The summed E-state index contributed by atoms with van der Waals surface area (Å²) in [5.41, 5.74) is 0.118. The molecule has 0 aromatic heterocycles. The molecule has 3 nitrogen and oxygen atoms in total. The van der Waals surface area contributed by atoms with Crippen molar-refractivity contribution in [1.29, 1.82) is 0 Å². The number of ether oxygens (including phenoxy) is 2. The average Bonchev–Trinajstić information content (AvgIpc) is 2.33. The van der Waals surface area contributed by atoms with E-state index in [1.54, 1.807) is 6.07 Å². The van der Waals surface area contributed by atoms with Gasteiger partial charge in [0.25, 0.3) is 0 Å². The quantitative estimate of drug-likeness (QED) is 0.788. The van der Waals surface area contributed by atoms with Gasteiger partial charge in [0.05, 0.1) is 25.7 Å². The maximum absolute atomic E-state index is 12.1. The van der Waals surface area contributed by atoms with Gasteiger partial charge in [0, 0.05) is 10.9 Å². The van der Waals surface area contributed by atoms with Crippen molar-refractivity contribution in [2.24, 2.45) is 5.92 Å². The zero-order valence-electron chi connectivity index (χ0n) is 10.6. The maximum atomic E-state index is 12.1. The summed E-state index contributed by atoms with van der Waals surface area (Å²) in [4.78, 5) is 12.1. The third kappa shape index (κ3) is 2.38. The van der Waals surface area contributed by atoms with E-state index < -0.39 is 5.41 Å². The normalized spacial score (nSPS) is 18.8. The Morgan fingerprint density at radius 1 is 1.50 bits per heavy atom. The van der Waals surface area contributed by atoms with Crippen molar-refractivity contribution >= 4 is 17.6 Å². The van der Waals surface area contributed by atoms with Crippen LogP contribution in [0.2, 0.25) is 5.02 Å². The van der Waals surface area contributed by atoms with Gasteiger partial charge in [-0.3, -0.25) is 4.79 Å². The van der Waals surface area contributed by atoms with Gasteiger partial charge in [-0.2, -0.15) is 0 Å². The van der Waals surface area contributed by atoms with Gasteiger partial charge in [0.15, 0.2) is 0 Å². The lowest BCUT2D eigenvalue weighted by molar-refractivity contribution is -0.149. The Kier molecular flexibility index (Phi) is 3.93. The van der Waals surface area contributed by atoms with E-state index in [0.29, 0.717) is 30.6 Å². The second-order valence-corrected chi connectivity index (χ2v) is 5.32. The summed E-state index contributed by atoms with van der Waals surface area (Å²) in [5.74, 6) is 0.146. The summed E-state index contributed by atoms with van der Waals surface area (Å²) in [6.45, 7) is 3.30. The van der Waals surface area contributed by atoms with Crippen LogP contribution in [0.25, 0.3) is 0 Å². The van der Waals surface area contributed by atoms with Crippen molar-refractivity contribution in [2.75, 3.05) is 20.3 Å². The van der Waals surface area contributed by atoms with Gasteiger partial charge in [-0.1, -0.05) is 29.8 Å². The minimum atomic E-state index is -0.707. The van der Waals surface area contributed by atoms with Crippen LogP contribution in [0.4, 0.5) is 0 Å². The van der Waals surface area contributed by atoms with E-state index in [9.17, 15) is 4.79 Å². The summed E-state index contributed by atoms with van der Waals surface area (Å²) in [6.07, 6.45) is 0.698. The molecule has 1 heterocycles. The van der Waals surface area contributed by atoms with E-state index in [1.807, 2.05) is 25.1 Å². The Balaban J connectivity index is 2.34. The SMILES string of the molecule is COC(=O)C(C)(CC1COC1)c1ccccc1Cl. The number of benzene rings is 1. The minimum Gasteiger partial charge on any atom is -0.468 e. The fourth-order valence-corrected chi connectivity index (χ4v) is 2.76. The molecule has 4 heteroatoms. The summed E-state index contributed by atoms with van der Waals surface area (Å²) in [6, 6.07) is 7.43. The molecular formula is C14H17ClO3. The molecular weight excluding hydrogens is 252 g/mol. The second-order valence-electron chi connectivity index (χ2n) is 4.91. The van der Waals surface area contributed by atoms with Crippen LogP contribution in [0.1, 0.15) is 18.9 Å². The fraction of sp³-hybridized carbons (Fsp3) is 0.500. The molecule has 0 amide bonds. The van der Waals surface area contributed by atoms with Crippen LogP contribution in [0, 0.1) is 5.92 Å². The molecule has 98 valence electrons. The highest BCUT2D eigenvalue weighted by Crippen LogP contribution is 2.38. The van der Waals surface area contributed by atoms with Crippen LogP contribution in [-0.2, 0) is 19.7 Å². The number of halogens is 1. The highest BCUT2D eigenvalue weighted by molar-refractivity contribution is 6.31. The highest BCUT2D eigenvalue weighted by atomic mass is 35.5. The van der Waals surface area contributed by atoms with Crippen LogP contribution < -0.4 is 0 Å². The first-order valence-corrected chi connectivity index (χ1v) is 6.37. The number of esters is 1. The lowest BCUT2D eigenvalue weighted by atomic mass is 9.74. The van der Waals surface area contributed by atoms with Crippen LogP contribution in [0.15, 0.2) is 24.3 Å². The number of hydrogen-bond acceptors (Lipinski definition) is 3. The smallest absolute Gasteiger partial charge is 0.316 e. The molecule has 1 aliphatic heterocycles. The molecule has 18 heavy (non-hydrogen) atoms. The van der Waals surface area contributed by atoms with Gasteiger partial charge in [0.2, 0.25) is 0 Å². The zero-order valence-corrected chi connectivity index (χ0v) is 11.4. The molecule has 1 saturated heterocycles. The van der Waals surface area contributed by atoms with Crippen LogP contribution in [-0.4, -0.2) is 26.3 Å². The third-order valence-corrected chi connectivity index (χ3v) is 3.84. The van der Waals surface area contributed by atoms with Gasteiger partial charge < -0.3 is 9.47 Å². The van der Waals surface area contributed by atoms with Crippen molar-refractivity contribution in [2.45, 2.75) is 18.8 Å². The van der Waals surface area contributed by atoms with Gasteiger partial charge in [-0.25, -0.2) is 0 Å². The molecule has 0 saturated carbocycles. The zero-order chi connectivity index (χ0) is 13.2. The van der Waals surface area contributed by atoms with Crippen molar-refractivity contribution in [1.82, 2.24) is 0 Å². The molecule has 1 unspecified atom stereocenters. The number of hydrogen-bond donors (Lipinski definition) is 0. The van der Waals surface area contributed by atoms with E-state index >= 15 is 0 Å². The molecule has 0 aliphatic carbocycles. The summed E-state index contributed by atoms with van der Waals surface area (Å²) < 4.78 is 10.1. The highest BCUT2D eigenvalue weighted by Gasteiger charge is 2.41. The minimum absolute atomic E-state index is 0.248. The predicted octanol–water partition coefficient (Wildman–Crippen LogP) is 2.81. The Morgan fingerprint density at radius 3 is 2.67 bits per heavy atom. The van der Waals surface area contributed by atoms with Crippen LogP contribution >= 0.6 is 11.6 Å². The molecule has 2 rings (SSSR count). The Hall–Kier alpha value is -1.06. The maximum Gasteiger partial charge on any atom is 0.316 e. The summed E-state index contributed by atoms with van der Waals surface area (Å²) >= 11 is 6.22. The molecule has 0 radical (unpaired) electrons. The first-order chi connectivity index (χ1) is 8.58. The average molecular weight is 269 g/mol. The largest absolute Gasteiger partial charge is 0.468 e. The monoisotopic (exact) mass is 268 g/mol. The number of rotatable bonds is 4. The van der Waals surface area contributed by atoms with Gasteiger partial charge >= 0.3 is 5.97 Å². The van der Waals surface area contributed by atoms with Gasteiger partial charge in [-0.15, -0.1) is 0 Å². The molecule has 1 atom stereocenters. The van der Waals surface area contributed by atoms with Gasteiger partial charge in [-0.05, 0) is 25.0 Å². The molecule has 1 fully saturated rings. The van der Waals surface area contributed by atoms with E-state index in [1.165, 1.54) is 7.11 Å². The van der Waals surface area contributed by atoms with E-state index in [0.717, 1.165) is 5.56 Å². The van der Waals surface area contributed by atoms with Crippen molar-refractivity contribution in [3.05, 3.63) is 34.9 Å². The summed E-state index contributed by atoms with van der Waals surface area (Å²) in [5, 5.41) is 0.602. The standard InChI is InChI=1S/C14H17ClO3/c1-14(13(16)17-2,7-10-8-18-9-10)11-5-3-4-6-12(11)15/h3-6,10H,7-9H2,1-2H3. The number of methoxy groups -OCH3 is 1. The van der Waals surface area contributed by atoms with E-state index in [-0.39, 0.29) is 5.97 Å². The first-order valence-electron chi connectivity index (χ1n) is 5.99. The molecule has 1 aliphatic rings. The van der Waals surface area contributed by atoms with E-state index in [2.05, 4.69) is 0 Å². The molecule has 1 aromatic rings. The van der Waals surface area contributed by atoms with Crippen molar-refractivity contribution in [3.63, 3.8) is 0 Å². The van der Waals surface area contributed by atoms with Crippen molar-refractivity contribution < 1.29 is 14.3 Å². The van der Waals surface area contributed by atoms with E-state index in [4.69, 9.17) is 21.1 Å². The third-order valence-electron chi connectivity index (χ3n) is 3.51. The molecule has 0 bridgehead atoms. The Morgan fingerprint density at radius 2 is 2.17 bits per heavy atom. The second kappa shape index (κ2) is 5.29. The molecule has 0 N–H and O–H groups in total. The predicted molar refractivity (Wildman–Crippen MR) is 69.7 cm³/mol. The van der Waals surface area contributed by atoms with Crippen molar-refractivity contribution in [3.8, 4) is 0 Å². The molecule has 0 spiro atoms. The number of carbonyl (C=O) groups is 1. The Labute approximate surface area is 112 Å². The summed E-state index contributed by atoms with van der Waals surface area (Å²) in [7, 11) is 1.41.